The van der Waals surface area contributed by atoms with Crippen LogP contribution in [0.25, 0.3) is 44.4 Å². The van der Waals surface area contributed by atoms with Crippen molar-refractivity contribution in [2.75, 3.05) is 0 Å². The molecule has 0 aliphatic rings. The minimum absolute atomic E-state index is 0. The van der Waals surface area contributed by atoms with E-state index in [-0.39, 0.29) is 21.1 Å². The number of hydrogen-bond acceptors (Lipinski definition) is 3. The molecule has 0 saturated carbocycles. The molecule has 4 aromatic carbocycles. The number of rotatable bonds is 11. The first kappa shape index (κ1) is 35.4. The van der Waals surface area contributed by atoms with E-state index < -0.39 is 0 Å². The number of para-hydroxylation sites is 1. The van der Waals surface area contributed by atoms with Crippen molar-refractivity contribution in [3.63, 3.8) is 0 Å². The molecule has 6 heteroatoms. The topological polar surface area (TPSA) is 44.9 Å². The van der Waals surface area contributed by atoms with Crippen LogP contribution in [0, 0.1) is 37.8 Å². The van der Waals surface area contributed by atoms with Crippen LogP contribution in [0.5, 0.6) is 11.5 Å². The number of ether oxygens (including phenoxy) is 1. The standard InChI is InChI=1S/C44H44N4O.Pt/c1-29(2)14-16-33-22-32(6)23-34(17-15-30(3)4)44(33)35-27-46-47(28-35)36-10-9-11-37(25-36)49-38-18-19-40-39-12-7-8-13-41(39)48(42(40)26-38)43-24-31(5)20-21-45-43;/h7-13,18-24,27-30H,14-17H2,1-6H3;/q-2;+2. The van der Waals surface area contributed by atoms with Crippen LogP contribution in [0.1, 0.15) is 62.8 Å². The minimum atomic E-state index is 0. The zero-order valence-electron chi connectivity index (χ0n) is 29.7. The van der Waals surface area contributed by atoms with Gasteiger partial charge in [-0.3, -0.25) is 4.68 Å². The molecule has 3 heterocycles. The zero-order chi connectivity index (χ0) is 34.1. The van der Waals surface area contributed by atoms with Gasteiger partial charge in [0.25, 0.3) is 0 Å². The van der Waals surface area contributed by atoms with E-state index in [1.54, 1.807) is 0 Å². The quantitative estimate of drug-likeness (QED) is 0.122. The number of pyridine rings is 1. The Hall–Kier alpha value is -4.47. The van der Waals surface area contributed by atoms with Crippen molar-refractivity contribution < 1.29 is 25.8 Å². The van der Waals surface area contributed by atoms with E-state index in [2.05, 4.69) is 113 Å². The third-order valence-electron chi connectivity index (χ3n) is 9.21. The Morgan fingerprint density at radius 1 is 0.740 bits per heavy atom. The number of aromatic nitrogens is 4. The summed E-state index contributed by atoms with van der Waals surface area (Å²) in [4.78, 5) is 4.70. The van der Waals surface area contributed by atoms with E-state index in [4.69, 9.17) is 14.8 Å². The van der Waals surface area contributed by atoms with Crippen molar-refractivity contribution >= 4 is 21.8 Å². The largest absolute Gasteiger partial charge is 2.00 e. The first-order valence-corrected chi connectivity index (χ1v) is 17.5. The van der Waals surface area contributed by atoms with E-state index in [0.717, 1.165) is 70.1 Å². The third-order valence-corrected chi connectivity index (χ3v) is 9.21. The van der Waals surface area contributed by atoms with Gasteiger partial charge in [0.05, 0.1) is 6.20 Å². The van der Waals surface area contributed by atoms with Gasteiger partial charge in [-0.05, 0) is 103 Å². The number of benzene rings is 4. The maximum absolute atomic E-state index is 6.42. The molecule has 256 valence electrons. The number of aryl methyl sites for hydroxylation is 4. The van der Waals surface area contributed by atoms with Crippen molar-refractivity contribution in [2.45, 2.75) is 67.2 Å². The maximum Gasteiger partial charge on any atom is 2.00 e. The van der Waals surface area contributed by atoms with Crippen LogP contribution in [-0.4, -0.2) is 19.3 Å². The molecule has 0 spiro atoms. The van der Waals surface area contributed by atoms with Gasteiger partial charge in [-0.25, -0.2) is 4.98 Å². The second-order valence-corrected chi connectivity index (χ2v) is 14.1. The summed E-state index contributed by atoms with van der Waals surface area (Å²) in [5.41, 5.74) is 10.6. The van der Waals surface area contributed by atoms with Crippen LogP contribution in [0.3, 0.4) is 0 Å². The average molecular weight is 840 g/mol. The molecular formula is C44H44N4OPt. The van der Waals surface area contributed by atoms with Gasteiger partial charge in [-0.2, -0.15) is 17.2 Å². The summed E-state index contributed by atoms with van der Waals surface area (Å²) in [6, 6.07) is 34.3. The summed E-state index contributed by atoms with van der Waals surface area (Å²) >= 11 is 0. The number of nitrogens with zero attached hydrogens (tertiary/aromatic N) is 4. The Balaban J connectivity index is 0.00000432. The van der Waals surface area contributed by atoms with Crippen LogP contribution in [0.15, 0.2) is 97.5 Å². The Morgan fingerprint density at radius 3 is 2.18 bits per heavy atom. The van der Waals surface area contributed by atoms with E-state index >= 15 is 0 Å². The fourth-order valence-electron chi connectivity index (χ4n) is 6.74. The van der Waals surface area contributed by atoms with E-state index in [9.17, 15) is 0 Å². The van der Waals surface area contributed by atoms with Gasteiger partial charge in [-0.1, -0.05) is 69.1 Å². The third kappa shape index (κ3) is 7.49. The molecule has 0 aliphatic carbocycles. The summed E-state index contributed by atoms with van der Waals surface area (Å²) in [6.45, 7) is 13.5. The fraction of sp³-hybridized carbons (Fsp3) is 0.273. The molecule has 0 amide bonds. The molecule has 0 aliphatic heterocycles. The SMILES string of the molecule is Cc1ccnc(-n2c3[c-]c(Oc4[c-]c(-n5cc(-c6c(CCC(C)C)cc(C)cc6CCC(C)C)cn5)ccc4)ccc3c3ccccc32)c1.[Pt+2]. The van der Waals surface area contributed by atoms with Crippen molar-refractivity contribution in [1.82, 2.24) is 19.3 Å². The molecule has 0 unspecified atom stereocenters. The molecule has 0 bridgehead atoms. The van der Waals surface area contributed by atoms with Crippen LogP contribution in [0.4, 0.5) is 0 Å². The summed E-state index contributed by atoms with van der Waals surface area (Å²) < 4.78 is 10.5. The van der Waals surface area contributed by atoms with E-state index in [1.807, 2.05) is 47.4 Å². The van der Waals surface area contributed by atoms with Crippen molar-refractivity contribution in [3.8, 4) is 34.1 Å². The minimum Gasteiger partial charge on any atom is -0.509 e. The molecule has 0 atom stereocenters. The van der Waals surface area contributed by atoms with E-state index in [1.165, 1.54) is 22.3 Å². The molecule has 0 N–H and O–H groups in total. The second-order valence-electron chi connectivity index (χ2n) is 14.1. The Morgan fingerprint density at radius 2 is 1.46 bits per heavy atom. The molecule has 0 fully saturated rings. The second kappa shape index (κ2) is 15.2. The summed E-state index contributed by atoms with van der Waals surface area (Å²) in [7, 11) is 0. The molecule has 0 radical (unpaired) electrons. The molecule has 3 aromatic heterocycles. The number of fused-ring (bicyclic) bond motifs is 3. The Bertz CT molecular complexity index is 2230. The van der Waals surface area contributed by atoms with Gasteiger partial charge in [0.1, 0.15) is 5.82 Å². The van der Waals surface area contributed by atoms with Crippen LogP contribution in [-0.2, 0) is 33.9 Å². The summed E-state index contributed by atoms with van der Waals surface area (Å²) in [6.07, 6.45) is 10.4. The fourth-order valence-corrected chi connectivity index (χ4v) is 6.74. The van der Waals surface area contributed by atoms with Gasteiger partial charge in [-0.15, -0.1) is 35.7 Å². The molecule has 7 aromatic rings. The molecular weight excluding hydrogens is 796 g/mol. The van der Waals surface area contributed by atoms with Crippen molar-refractivity contribution in [2.24, 2.45) is 11.8 Å². The first-order chi connectivity index (χ1) is 23.7. The smallest absolute Gasteiger partial charge is 0.509 e. The van der Waals surface area contributed by atoms with Crippen LogP contribution in [0.2, 0.25) is 0 Å². The normalized spacial score (nSPS) is 11.5. The van der Waals surface area contributed by atoms with Gasteiger partial charge in [0.2, 0.25) is 0 Å². The van der Waals surface area contributed by atoms with E-state index in [0.29, 0.717) is 23.3 Å². The van der Waals surface area contributed by atoms with Crippen LogP contribution >= 0.6 is 0 Å². The molecule has 5 nitrogen and oxygen atoms in total. The van der Waals surface area contributed by atoms with Gasteiger partial charge >= 0.3 is 21.1 Å². The van der Waals surface area contributed by atoms with Crippen molar-refractivity contribution in [3.05, 3.63) is 132 Å². The maximum atomic E-state index is 6.42. The van der Waals surface area contributed by atoms with Crippen LogP contribution < -0.4 is 4.74 Å². The zero-order valence-corrected chi connectivity index (χ0v) is 32.0. The molecule has 50 heavy (non-hydrogen) atoms. The predicted octanol–water partition coefficient (Wildman–Crippen LogP) is 11.2. The molecule has 0 saturated heterocycles. The summed E-state index contributed by atoms with van der Waals surface area (Å²) in [5, 5.41) is 7.09. The Labute approximate surface area is 310 Å². The number of hydrogen-bond donors (Lipinski definition) is 0. The first-order valence-electron chi connectivity index (χ1n) is 17.5. The summed E-state index contributed by atoms with van der Waals surface area (Å²) in [5.74, 6) is 3.37. The van der Waals surface area contributed by atoms with Gasteiger partial charge in [0.15, 0.2) is 0 Å². The van der Waals surface area contributed by atoms with Crippen molar-refractivity contribution in [1.29, 1.82) is 0 Å². The monoisotopic (exact) mass is 839 g/mol. The van der Waals surface area contributed by atoms with Gasteiger partial charge < -0.3 is 9.30 Å². The van der Waals surface area contributed by atoms with Gasteiger partial charge in [0, 0.05) is 35.0 Å². The molecule has 7 rings (SSSR count). The Kier molecular flexibility index (Phi) is 10.7. The average Bonchev–Trinajstić information content (AvgIpc) is 3.69. The predicted molar refractivity (Wildman–Crippen MR) is 201 cm³/mol.